The largest absolute Gasteiger partial charge is 0.385 e. The molecule has 2 aromatic carbocycles. The number of piperidine rings is 1. The van der Waals surface area contributed by atoms with E-state index in [9.17, 15) is 18.0 Å². The van der Waals surface area contributed by atoms with Crippen molar-refractivity contribution in [3.05, 3.63) is 66.2 Å². The van der Waals surface area contributed by atoms with Crippen LogP contribution in [0.3, 0.4) is 0 Å². The summed E-state index contributed by atoms with van der Waals surface area (Å²) in [6.07, 6.45) is 2.17. The molecule has 0 aromatic heterocycles. The number of rotatable bonds is 11. The Labute approximate surface area is 201 Å². The van der Waals surface area contributed by atoms with Gasteiger partial charge in [0, 0.05) is 39.8 Å². The number of amides is 2. The number of nitrogens with zero attached hydrogens (tertiary/aromatic N) is 1. The maximum Gasteiger partial charge on any atom is 0.243 e. The fraction of sp³-hybridized carbons (Fsp3) is 0.440. The zero-order chi connectivity index (χ0) is 24.4. The Balaban J connectivity index is 1.67. The molecule has 1 unspecified atom stereocenters. The molecule has 2 atom stereocenters. The van der Waals surface area contributed by atoms with Crippen LogP contribution in [-0.2, 0) is 30.8 Å². The average Bonchev–Trinajstić information content (AvgIpc) is 2.87. The maximum absolute atomic E-state index is 13.2. The van der Waals surface area contributed by atoms with Gasteiger partial charge in [-0.1, -0.05) is 48.5 Å². The summed E-state index contributed by atoms with van der Waals surface area (Å²) in [5, 5.41) is 5.74. The van der Waals surface area contributed by atoms with Crippen LogP contribution in [-0.4, -0.2) is 63.9 Å². The molecule has 1 saturated heterocycles. The predicted octanol–water partition coefficient (Wildman–Crippen LogP) is 1.97. The monoisotopic (exact) mass is 487 g/mol. The molecule has 0 bridgehead atoms. The minimum Gasteiger partial charge on any atom is -0.385 e. The lowest BCUT2D eigenvalue weighted by Crippen LogP contribution is -2.52. The summed E-state index contributed by atoms with van der Waals surface area (Å²) in [5.41, 5.74) is 0.928. The van der Waals surface area contributed by atoms with Crippen LogP contribution in [0.1, 0.15) is 24.8 Å². The Kier molecular flexibility index (Phi) is 9.62. The van der Waals surface area contributed by atoms with Gasteiger partial charge in [0.15, 0.2) is 0 Å². The number of sulfonamides is 1. The van der Waals surface area contributed by atoms with Gasteiger partial charge in [0.05, 0.1) is 10.8 Å². The molecule has 0 radical (unpaired) electrons. The van der Waals surface area contributed by atoms with Crippen LogP contribution in [0.15, 0.2) is 65.6 Å². The van der Waals surface area contributed by atoms with Gasteiger partial charge in [-0.25, -0.2) is 8.42 Å². The summed E-state index contributed by atoms with van der Waals surface area (Å²) in [6.45, 7) is 1.44. The van der Waals surface area contributed by atoms with Crippen LogP contribution in [0.2, 0.25) is 0 Å². The Hall–Kier alpha value is -2.75. The normalized spacial score (nSPS) is 17.6. The number of benzene rings is 2. The van der Waals surface area contributed by atoms with Gasteiger partial charge < -0.3 is 15.4 Å². The van der Waals surface area contributed by atoms with Gasteiger partial charge in [-0.2, -0.15) is 4.31 Å². The molecule has 34 heavy (non-hydrogen) atoms. The first-order valence-electron chi connectivity index (χ1n) is 11.6. The van der Waals surface area contributed by atoms with Gasteiger partial charge in [-0.05, 0) is 37.0 Å². The topological polar surface area (TPSA) is 105 Å². The van der Waals surface area contributed by atoms with Crippen LogP contribution in [0, 0.1) is 5.92 Å². The third-order valence-corrected chi connectivity index (χ3v) is 7.76. The van der Waals surface area contributed by atoms with Crippen molar-refractivity contribution in [2.75, 3.05) is 33.4 Å². The fourth-order valence-electron chi connectivity index (χ4n) is 4.02. The van der Waals surface area contributed by atoms with E-state index in [2.05, 4.69) is 10.6 Å². The highest BCUT2D eigenvalue weighted by Crippen LogP contribution is 2.24. The molecule has 0 aliphatic carbocycles. The SMILES string of the molecule is COCCCNC(=O)[C@H](Cc1ccccc1)NC(=O)C1CCCN(S(=O)(=O)c2ccccc2)C1. The van der Waals surface area contributed by atoms with Gasteiger partial charge in [-0.15, -0.1) is 0 Å². The lowest BCUT2D eigenvalue weighted by Gasteiger charge is -2.32. The molecule has 2 N–H and O–H groups in total. The smallest absolute Gasteiger partial charge is 0.243 e. The van der Waals surface area contributed by atoms with Crippen molar-refractivity contribution in [2.45, 2.75) is 36.6 Å². The summed E-state index contributed by atoms with van der Waals surface area (Å²) in [7, 11) is -2.07. The standard InChI is InChI=1S/C25H33N3O5S/c1-33-17-9-15-26-25(30)23(18-20-10-4-2-5-11-20)27-24(29)21-12-8-16-28(19-21)34(31,32)22-13-6-3-7-14-22/h2-7,10-11,13-14,21,23H,8-9,12,15-19H2,1H3,(H,26,30)(H,27,29)/t21?,23-/m0/s1. The molecule has 0 saturated carbocycles. The molecule has 1 aliphatic heterocycles. The molecular weight excluding hydrogens is 454 g/mol. The Morgan fingerprint density at radius 1 is 1.09 bits per heavy atom. The summed E-state index contributed by atoms with van der Waals surface area (Å²) >= 11 is 0. The van der Waals surface area contributed by atoms with E-state index in [0.29, 0.717) is 45.4 Å². The molecule has 0 spiro atoms. The number of carbonyl (C=O) groups excluding carboxylic acids is 2. The van der Waals surface area contributed by atoms with E-state index in [4.69, 9.17) is 4.74 Å². The molecule has 184 valence electrons. The highest BCUT2D eigenvalue weighted by molar-refractivity contribution is 7.89. The zero-order valence-electron chi connectivity index (χ0n) is 19.5. The number of hydrogen-bond acceptors (Lipinski definition) is 5. The van der Waals surface area contributed by atoms with Crippen molar-refractivity contribution >= 4 is 21.8 Å². The Bertz CT molecular complexity index is 1030. The van der Waals surface area contributed by atoms with E-state index in [1.165, 1.54) is 4.31 Å². The van der Waals surface area contributed by atoms with E-state index in [1.54, 1.807) is 37.4 Å². The van der Waals surface area contributed by atoms with Crippen molar-refractivity contribution in [3.63, 3.8) is 0 Å². The third kappa shape index (κ3) is 7.12. The molecule has 1 fully saturated rings. The van der Waals surface area contributed by atoms with E-state index >= 15 is 0 Å². The van der Waals surface area contributed by atoms with Crippen LogP contribution >= 0.6 is 0 Å². The average molecular weight is 488 g/mol. The lowest BCUT2D eigenvalue weighted by molar-refractivity contribution is -0.131. The molecule has 3 rings (SSSR count). The highest BCUT2D eigenvalue weighted by atomic mass is 32.2. The highest BCUT2D eigenvalue weighted by Gasteiger charge is 2.34. The summed E-state index contributed by atoms with van der Waals surface area (Å²) in [5.74, 6) is -1.09. The molecule has 9 heteroatoms. The first-order chi connectivity index (χ1) is 16.4. The molecule has 1 aliphatic rings. The third-order valence-electron chi connectivity index (χ3n) is 5.88. The predicted molar refractivity (Wildman–Crippen MR) is 130 cm³/mol. The van der Waals surface area contributed by atoms with Gasteiger partial charge in [0.1, 0.15) is 6.04 Å². The van der Waals surface area contributed by atoms with Gasteiger partial charge >= 0.3 is 0 Å². The van der Waals surface area contributed by atoms with Crippen molar-refractivity contribution in [3.8, 4) is 0 Å². The van der Waals surface area contributed by atoms with E-state index in [-0.39, 0.29) is 23.3 Å². The minimum atomic E-state index is -3.68. The van der Waals surface area contributed by atoms with E-state index < -0.39 is 22.0 Å². The first kappa shape index (κ1) is 25.9. The number of ether oxygens (including phenoxy) is 1. The van der Waals surface area contributed by atoms with Crippen molar-refractivity contribution < 1.29 is 22.7 Å². The molecule has 2 aromatic rings. The van der Waals surface area contributed by atoms with Crippen molar-refractivity contribution in [1.29, 1.82) is 0 Å². The number of nitrogens with one attached hydrogen (secondary N) is 2. The lowest BCUT2D eigenvalue weighted by atomic mass is 9.97. The molecular formula is C25H33N3O5S. The zero-order valence-corrected chi connectivity index (χ0v) is 20.3. The Morgan fingerprint density at radius 2 is 1.76 bits per heavy atom. The second-order valence-corrected chi connectivity index (χ2v) is 10.3. The van der Waals surface area contributed by atoms with Crippen LogP contribution in [0.5, 0.6) is 0 Å². The summed E-state index contributed by atoms with van der Waals surface area (Å²) in [6, 6.07) is 17.0. The first-order valence-corrected chi connectivity index (χ1v) is 13.0. The van der Waals surface area contributed by atoms with Crippen molar-refractivity contribution in [2.24, 2.45) is 5.92 Å². The van der Waals surface area contributed by atoms with Crippen LogP contribution in [0.4, 0.5) is 0 Å². The van der Waals surface area contributed by atoms with E-state index in [1.807, 2.05) is 30.3 Å². The summed E-state index contributed by atoms with van der Waals surface area (Å²) in [4.78, 5) is 26.2. The second kappa shape index (κ2) is 12.6. The summed E-state index contributed by atoms with van der Waals surface area (Å²) < 4.78 is 32.4. The Morgan fingerprint density at radius 3 is 2.44 bits per heavy atom. The van der Waals surface area contributed by atoms with Crippen molar-refractivity contribution in [1.82, 2.24) is 14.9 Å². The number of hydrogen-bond donors (Lipinski definition) is 2. The van der Waals surface area contributed by atoms with Crippen LogP contribution in [0.25, 0.3) is 0 Å². The second-order valence-electron chi connectivity index (χ2n) is 8.40. The quantitative estimate of drug-likeness (QED) is 0.472. The van der Waals surface area contributed by atoms with E-state index in [0.717, 1.165) is 5.56 Å². The van der Waals surface area contributed by atoms with Gasteiger partial charge in [-0.3, -0.25) is 9.59 Å². The molecule has 1 heterocycles. The maximum atomic E-state index is 13.2. The van der Waals surface area contributed by atoms with Gasteiger partial charge in [0.25, 0.3) is 0 Å². The molecule has 2 amide bonds. The fourth-order valence-corrected chi connectivity index (χ4v) is 5.56. The van der Waals surface area contributed by atoms with Gasteiger partial charge in [0.2, 0.25) is 21.8 Å². The van der Waals surface area contributed by atoms with Crippen LogP contribution < -0.4 is 10.6 Å². The number of methoxy groups -OCH3 is 1. The minimum absolute atomic E-state index is 0.0938. The number of carbonyl (C=O) groups is 2. The molecule has 8 nitrogen and oxygen atoms in total.